The Hall–Kier alpha value is -2.35. The van der Waals surface area contributed by atoms with Crippen LogP contribution in [0.4, 0.5) is 0 Å². The second-order valence-corrected chi connectivity index (χ2v) is 7.32. The van der Waals surface area contributed by atoms with Crippen LogP contribution in [-0.2, 0) is 4.79 Å². The van der Waals surface area contributed by atoms with Gasteiger partial charge in [0.05, 0.1) is 18.4 Å². The van der Waals surface area contributed by atoms with Gasteiger partial charge >= 0.3 is 7.12 Å². The lowest BCUT2D eigenvalue weighted by atomic mass is 9.76. The van der Waals surface area contributed by atoms with E-state index in [9.17, 15) is 19.6 Å². The molecule has 2 rings (SSSR count). The monoisotopic (exact) mass is 416 g/mol. The molecule has 2 amide bonds. The van der Waals surface area contributed by atoms with E-state index in [2.05, 4.69) is 10.6 Å². The van der Waals surface area contributed by atoms with Crippen molar-refractivity contribution < 1.29 is 19.6 Å². The molecule has 2 aromatic rings. The highest BCUT2D eigenvalue weighted by Gasteiger charge is 2.26. The van der Waals surface area contributed by atoms with Crippen molar-refractivity contribution in [2.24, 2.45) is 0 Å². The fraction of sp³-hybridized carbons (Fsp3) is 0.333. The molecule has 0 fully saturated rings. The van der Waals surface area contributed by atoms with Gasteiger partial charge in [-0.25, -0.2) is 0 Å². The Balaban J connectivity index is 2.14. The van der Waals surface area contributed by atoms with Crippen LogP contribution < -0.4 is 10.6 Å². The van der Waals surface area contributed by atoms with Crippen LogP contribution in [0.15, 0.2) is 54.6 Å². The predicted molar refractivity (Wildman–Crippen MR) is 114 cm³/mol. The molecule has 0 heterocycles. The average Bonchev–Trinajstić information content (AvgIpc) is 2.71. The zero-order valence-corrected chi connectivity index (χ0v) is 17.1. The van der Waals surface area contributed by atoms with E-state index in [1.807, 2.05) is 13.0 Å². The summed E-state index contributed by atoms with van der Waals surface area (Å²) in [5, 5.41) is 25.1. The van der Waals surface area contributed by atoms with Crippen molar-refractivity contribution in [1.82, 2.24) is 10.6 Å². The number of hydrogen-bond acceptors (Lipinski definition) is 4. The van der Waals surface area contributed by atoms with Crippen molar-refractivity contribution >= 4 is 30.5 Å². The Morgan fingerprint density at radius 1 is 1.07 bits per heavy atom. The first kappa shape index (κ1) is 22.9. The van der Waals surface area contributed by atoms with Crippen molar-refractivity contribution in [3.8, 4) is 0 Å². The predicted octanol–water partition coefficient (Wildman–Crippen LogP) is 2.89. The zero-order valence-electron chi connectivity index (χ0n) is 16.3. The number of amides is 2. The highest BCUT2D eigenvalue weighted by molar-refractivity contribution is 6.43. The molecule has 0 spiro atoms. The summed E-state index contributed by atoms with van der Waals surface area (Å²) in [6, 6.07) is 15.0. The van der Waals surface area contributed by atoms with Crippen molar-refractivity contribution in [3.63, 3.8) is 0 Å². The van der Waals surface area contributed by atoms with Crippen LogP contribution in [-0.4, -0.2) is 34.9 Å². The molecule has 6 nitrogen and oxygen atoms in total. The minimum Gasteiger partial charge on any atom is -0.426 e. The van der Waals surface area contributed by atoms with Gasteiger partial charge in [0.15, 0.2) is 0 Å². The number of rotatable bonds is 10. The highest BCUT2D eigenvalue weighted by atomic mass is 35.5. The molecule has 0 aliphatic rings. The van der Waals surface area contributed by atoms with E-state index >= 15 is 0 Å². The molecule has 29 heavy (non-hydrogen) atoms. The van der Waals surface area contributed by atoms with Gasteiger partial charge in [-0.2, -0.15) is 0 Å². The van der Waals surface area contributed by atoms with E-state index in [1.54, 1.807) is 48.5 Å². The third-order valence-corrected chi connectivity index (χ3v) is 4.79. The van der Waals surface area contributed by atoms with Gasteiger partial charge in [0, 0.05) is 10.6 Å². The van der Waals surface area contributed by atoms with Crippen molar-refractivity contribution in [2.45, 2.75) is 44.6 Å². The van der Waals surface area contributed by atoms with E-state index in [0.29, 0.717) is 22.6 Å². The van der Waals surface area contributed by atoms with Gasteiger partial charge in [-0.15, -0.1) is 0 Å². The van der Waals surface area contributed by atoms with Crippen LogP contribution in [0.2, 0.25) is 5.02 Å². The molecular weight excluding hydrogens is 391 g/mol. The van der Waals surface area contributed by atoms with Crippen LogP contribution in [0.5, 0.6) is 0 Å². The Morgan fingerprint density at radius 3 is 2.41 bits per heavy atom. The van der Waals surface area contributed by atoms with Crippen LogP contribution >= 0.6 is 11.6 Å². The minimum atomic E-state index is -1.64. The summed E-state index contributed by atoms with van der Waals surface area (Å²) in [5.74, 6) is -1.46. The molecule has 2 atom stereocenters. The maximum Gasteiger partial charge on any atom is 0.475 e. The summed E-state index contributed by atoms with van der Waals surface area (Å²) < 4.78 is 0. The molecule has 0 saturated heterocycles. The van der Waals surface area contributed by atoms with Crippen LogP contribution in [0, 0.1) is 0 Å². The fourth-order valence-electron chi connectivity index (χ4n) is 2.98. The summed E-state index contributed by atoms with van der Waals surface area (Å²) >= 11 is 6.08. The number of unbranched alkanes of at least 4 members (excludes halogenated alkanes) is 1. The molecule has 0 aliphatic heterocycles. The van der Waals surface area contributed by atoms with Crippen molar-refractivity contribution in [1.29, 1.82) is 0 Å². The lowest BCUT2D eigenvalue weighted by Gasteiger charge is -2.22. The molecule has 1 unspecified atom stereocenters. The van der Waals surface area contributed by atoms with Crippen LogP contribution in [0.1, 0.15) is 54.6 Å². The molecule has 0 bridgehead atoms. The van der Waals surface area contributed by atoms with E-state index in [4.69, 9.17) is 11.6 Å². The lowest BCUT2D eigenvalue weighted by Crippen LogP contribution is -2.47. The van der Waals surface area contributed by atoms with Gasteiger partial charge in [-0.1, -0.05) is 61.7 Å². The van der Waals surface area contributed by atoms with Gasteiger partial charge in [-0.3, -0.25) is 9.59 Å². The Kier molecular flexibility index (Phi) is 9.18. The zero-order chi connectivity index (χ0) is 21.2. The summed E-state index contributed by atoms with van der Waals surface area (Å²) in [6.45, 7) is 1.98. The minimum absolute atomic E-state index is 0.0612. The first-order valence-electron chi connectivity index (χ1n) is 9.67. The summed E-state index contributed by atoms with van der Waals surface area (Å²) in [5.41, 5.74) is 1.16. The molecule has 0 saturated carbocycles. The number of carbonyl (C=O) groups is 2. The first-order chi connectivity index (χ1) is 13.9. The standard InChI is InChI=1S/C21H26BClN2O4/c1-2-3-12-19(22(28)29)25-20(26)14-18(16-10-7-11-17(23)13-16)24-21(27)15-8-5-4-6-9-15/h4-11,13,18-19,28-29H,2-3,12,14H2,1H3,(H,24,27)(H,25,26)/t18?,19-/m0/s1. The maximum absolute atomic E-state index is 12.6. The summed E-state index contributed by atoms with van der Waals surface area (Å²) in [6.07, 6.45) is 2.02. The largest absolute Gasteiger partial charge is 0.475 e. The molecule has 0 aliphatic carbocycles. The first-order valence-corrected chi connectivity index (χ1v) is 10.1. The van der Waals surface area contributed by atoms with E-state index in [-0.39, 0.29) is 12.3 Å². The Bertz CT molecular complexity index is 804. The van der Waals surface area contributed by atoms with E-state index in [1.165, 1.54) is 0 Å². The number of halogens is 1. The van der Waals surface area contributed by atoms with E-state index < -0.39 is 25.0 Å². The SMILES string of the molecule is CCCC[C@H](NC(=O)CC(NC(=O)c1ccccc1)c1cccc(Cl)c1)B(O)O. The van der Waals surface area contributed by atoms with Gasteiger partial charge in [0.1, 0.15) is 0 Å². The van der Waals surface area contributed by atoms with Gasteiger partial charge in [0.2, 0.25) is 5.91 Å². The number of carbonyl (C=O) groups excluding carboxylic acids is 2. The topological polar surface area (TPSA) is 98.7 Å². The highest BCUT2D eigenvalue weighted by Crippen LogP contribution is 2.21. The van der Waals surface area contributed by atoms with E-state index in [0.717, 1.165) is 12.8 Å². The van der Waals surface area contributed by atoms with Crippen molar-refractivity contribution in [3.05, 3.63) is 70.7 Å². The normalized spacial score (nSPS) is 12.7. The smallest absolute Gasteiger partial charge is 0.426 e. The molecule has 4 N–H and O–H groups in total. The van der Waals surface area contributed by atoms with Crippen LogP contribution in [0.3, 0.4) is 0 Å². The number of hydrogen-bond donors (Lipinski definition) is 4. The summed E-state index contributed by atoms with van der Waals surface area (Å²) in [4.78, 5) is 25.2. The van der Waals surface area contributed by atoms with Crippen molar-refractivity contribution in [2.75, 3.05) is 0 Å². The number of nitrogens with one attached hydrogen (secondary N) is 2. The Morgan fingerprint density at radius 2 is 1.79 bits per heavy atom. The molecule has 0 aromatic heterocycles. The average molecular weight is 417 g/mol. The second-order valence-electron chi connectivity index (χ2n) is 6.88. The molecule has 0 radical (unpaired) electrons. The maximum atomic E-state index is 12.6. The van der Waals surface area contributed by atoms with Crippen LogP contribution in [0.25, 0.3) is 0 Å². The van der Waals surface area contributed by atoms with Gasteiger partial charge in [-0.05, 0) is 36.2 Å². The lowest BCUT2D eigenvalue weighted by molar-refractivity contribution is -0.122. The second kappa shape index (κ2) is 11.6. The third kappa shape index (κ3) is 7.53. The quantitative estimate of drug-likeness (QED) is 0.448. The van der Waals surface area contributed by atoms with Gasteiger partial charge in [0.25, 0.3) is 5.91 Å². The fourth-order valence-corrected chi connectivity index (χ4v) is 3.18. The molecule has 154 valence electrons. The third-order valence-electron chi connectivity index (χ3n) is 4.56. The molecular formula is C21H26BClN2O4. The van der Waals surface area contributed by atoms with Gasteiger partial charge < -0.3 is 20.7 Å². The number of benzene rings is 2. The molecule has 2 aromatic carbocycles. The molecule has 8 heteroatoms. The Labute approximate surface area is 176 Å². The summed E-state index contributed by atoms with van der Waals surface area (Å²) in [7, 11) is -1.64.